The molecule has 0 spiro atoms. The van der Waals surface area contributed by atoms with Gasteiger partial charge in [-0.15, -0.1) is 0 Å². The number of ether oxygens (including phenoxy) is 1. The summed E-state index contributed by atoms with van der Waals surface area (Å²) < 4.78 is 7.80. The first-order valence-electron chi connectivity index (χ1n) is 7.29. The summed E-state index contributed by atoms with van der Waals surface area (Å²) in [5, 5.41) is 0. The number of aryl methyl sites for hydroxylation is 1. The zero-order valence-corrected chi connectivity index (χ0v) is 11.7. The molecule has 2 aliphatic rings. The number of anilines is 2. The molecule has 0 bridgehead atoms. The van der Waals surface area contributed by atoms with Gasteiger partial charge in [0.15, 0.2) is 5.82 Å². The summed E-state index contributed by atoms with van der Waals surface area (Å²) in [6.07, 6.45) is 2.17. The molecule has 0 fully saturated rings. The molecular formula is C14H19N5O. The van der Waals surface area contributed by atoms with E-state index in [2.05, 4.69) is 19.4 Å². The normalized spacial score (nSPS) is 16.9. The summed E-state index contributed by atoms with van der Waals surface area (Å²) in [5.74, 6) is 1.52. The Kier molecular flexibility index (Phi) is 2.60. The molecule has 6 heteroatoms. The maximum Gasteiger partial charge on any atom is 0.152 e. The second-order valence-corrected chi connectivity index (χ2v) is 5.40. The first-order valence-corrected chi connectivity index (χ1v) is 7.29. The number of pyridine rings is 1. The highest BCUT2D eigenvalue weighted by Crippen LogP contribution is 2.38. The third-order valence-electron chi connectivity index (χ3n) is 4.23. The summed E-state index contributed by atoms with van der Waals surface area (Å²) >= 11 is 0. The lowest BCUT2D eigenvalue weighted by Gasteiger charge is -2.35. The fourth-order valence-corrected chi connectivity index (χ4v) is 3.35. The summed E-state index contributed by atoms with van der Waals surface area (Å²) in [6.45, 7) is 6.32. The Morgan fingerprint density at radius 3 is 3.00 bits per heavy atom. The van der Waals surface area contributed by atoms with Gasteiger partial charge in [0.05, 0.1) is 16.9 Å². The van der Waals surface area contributed by atoms with Crippen molar-refractivity contribution in [3.05, 3.63) is 11.5 Å². The molecule has 0 unspecified atom stereocenters. The number of nitrogens with zero attached hydrogens (tertiary/aromatic N) is 4. The van der Waals surface area contributed by atoms with Gasteiger partial charge in [-0.3, -0.25) is 0 Å². The van der Waals surface area contributed by atoms with Crippen LogP contribution in [0.5, 0.6) is 0 Å². The molecule has 2 aromatic rings. The zero-order chi connectivity index (χ0) is 13.7. The molecule has 0 amide bonds. The number of aromatic nitrogens is 3. The maximum atomic E-state index is 6.11. The Bertz CT molecular complexity index is 678. The average molecular weight is 273 g/mol. The van der Waals surface area contributed by atoms with E-state index >= 15 is 0 Å². The van der Waals surface area contributed by atoms with Crippen molar-refractivity contribution in [3.63, 3.8) is 0 Å². The number of imidazole rings is 1. The van der Waals surface area contributed by atoms with E-state index in [9.17, 15) is 0 Å². The van der Waals surface area contributed by atoms with Crippen LogP contribution in [0.25, 0.3) is 11.0 Å². The monoisotopic (exact) mass is 273 g/mol. The third kappa shape index (κ3) is 1.54. The van der Waals surface area contributed by atoms with Crippen molar-refractivity contribution in [2.75, 3.05) is 30.3 Å². The molecule has 6 nitrogen and oxygen atoms in total. The Morgan fingerprint density at radius 2 is 2.15 bits per heavy atom. The minimum absolute atomic E-state index is 0.541. The molecule has 2 N–H and O–H groups in total. The van der Waals surface area contributed by atoms with Gasteiger partial charge in [-0.05, 0) is 19.8 Å². The van der Waals surface area contributed by atoms with Gasteiger partial charge < -0.3 is 19.9 Å². The minimum atomic E-state index is 0.541. The Labute approximate surface area is 117 Å². The van der Waals surface area contributed by atoms with E-state index in [-0.39, 0.29) is 0 Å². The zero-order valence-electron chi connectivity index (χ0n) is 11.7. The molecule has 2 aliphatic heterocycles. The molecule has 0 saturated heterocycles. The second kappa shape index (κ2) is 4.34. The summed E-state index contributed by atoms with van der Waals surface area (Å²) in [5.41, 5.74) is 10.5. The van der Waals surface area contributed by atoms with Crippen LogP contribution in [0.2, 0.25) is 0 Å². The van der Waals surface area contributed by atoms with Crippen molar-refractivity contribution in [1.82, 2.24) is 14.5 Å². The van der Waals surface area contributed by atoms with Crippen molar-refractivity contribution in [2.45, 2.75) is 32.9 Å². The number of hydrogen-bond acceptors (Lipinski definition) is 5. The van der Waals surface area contributed by atoms with Crippen molar-refractivity contribution in [1.29, 1.82) is 0 Å². The fraction of sp³-hybridized carbons (Fsp3) is 0.571. The summed E-state index contributed by atoms with van der Waals surface area (Å²) in [7, 11) is 0. The molecule has 0 radical (unpaired) electrons. The lowest BCUT2D eigenvalue weighted by atomic mass is 10.0. The van der Waals surface area contributed by atoms with Crippen LogP contribution in [0.3, 0.4) is 0 Å². The predicted octanol–water partition coefficient (Wildman–Crippen LogP) is 1.32. The van der Waals surface area contributed by atoms with E-state index in [1.807, 2.05) is 6.92 Å². The van der Waals surface area contributed by atoms with Gasteiger partial charge >= 0.3 is 0 Å². The summed E-state index contributed by atoms with van der Waals surface area (Å²) in [4.78, 5) is 11.7. The van der Waals surface area contributed by atoms with Crippen molar-refractivity contribution < 1.29 is 4.74 Å². The highest BCUT2D eigenvalue weighted by atomic mass is 16.5. The standard InChI is InChI=1S/C14H19N5O/c1-2-20-8-10-17-11-13-12-9(16-14(11)15)4-3-5-18(12)6-7-19(10)13/h2-8H2,1H3,(H2,15,16). The summed E-state index contributed by atoms with van der Waals surface area (Å²) in [6, 6.07) is 0. The van der Waals surface area contributed by atoms with E-state index in [1.54, 1.807) is 0 Å². The van der Waals surface area contributed by atoms with Crippen LogP contribution >= 0.6 is 0 Å². The molecule has 0 aromatic carbocycles. The Balaban J connectivity index is 1.97. The molecule has 0 saturated carbocycles. The lowest BCUT2D eigenvalue weighted by molar-refractivity contribution is 0.126. The number of nitrogen functional groups attached to an aromatic ring is 1. The second-order valence-electron chi connectivity index (χ2n) is 5.40. The van der Waals surface area contributed by atoms with E-state index < -0.39 is 0 Å². The lowest BCUT2D eigenvalue weighted by Crippen LogP contribution is -2.36. The molecule has 106 valence electrons. The largest absolute Gasteiger partial charge is 0.382 e. The SMILES string of the molecule is CCOCc1nc2c(N)nc3c4c2n1CCN4CCC3. The third-order valence-corrected chi connectivity index (χ3v) is 4.23. The maximum absolute atomic E-state index is 6.11. The van der Waals surface area contributed by atoms with Crippen LogP contribution in [0.4, 0.5) is 11.5 Å². The van der Waals surface area contributed by atoms with E-state index in [1.165, 1.54) is 5.69 Å². The van der Waals surface area contributed by atoms with Crippen LogP contribution in [0.1, 0.15) is 24.9 Å². The topological polar surface area (TPSA) is 69.2 Å². The Morgan fingerprint density at radius 1 is 1.25 bits per heavy atom. The smallest absolute Gasteiger partial charge is 0.152 e. The van der Waals surface area contributed by atoms with Gasteiger partial charge in [0.1, 0.15) is 17.9 Å². The molecule has 0 atom stereocenters. The minimum Gasteiger partial charge on any atom is -0.382 e. The van der Waals surface area contributed by atoms with Gasteiger partial charge in [-0.2, -0.15) is 0 Å². The van der Waals surface area contributed by atoms with Gasteiger partial charge in [0.25, 0.3) is 0 Å². The first kappa shape index (κ1) is 12.0. The predicted molar refractivity (Wildman–Crippen MR) is 77.8 cm³/mol. The van der Waals surface area contributed by atoms with Gasteiger partial charge in [0.2, 0.25) is 0 Å². The van der Waals surface area contributed by atoms with E-state index in [4.69, 9.17) is 10.5 Å². The quantitative estimate of drug-likeness (QED) is 0.913. The van der Waals surface area contributed by atoms with Crippen LogP contribution in [-0.4, -0.2) is 34.2 Å². The highest BCUT2D eigenvalue weighted by molar-refractivity contribution is 5.97. The van der Waals surface area contributed by atoms with Gasteiger partial charge in [-0.1, -0.05) is 0 Å². The van der Waals surface area contributed by atoms with Crippen LogP contribution in [0, 0.1) is 0 Å². The molecule has 4 heterocycles. The number of hydrogen-bond donors (Lipinski definition) is 1. The van der Waals surface area contributed by atoms with Crippen molar-refractivity contribution >= 4 is 22.5 Å². The van der Waals surface area contributed by atoms with Crippen LogP contribution in [0.15, 0.2) is 0 Å². The van der Waals surface area contributed by atoms with Crippen molar-refractivity contribution in [2.24, 2.45) is 0 Å². The molecule has 20 heavy (non-hydrogen) atoms. The van der Waals surface area contributed by atoms with E-state index in [0.29, 0.717) is 19.0 Å². The highest BCUT2D eigenvalue weighted by Gasteiger charge is 2.29. The first-order chi connectivity index (χ1) is 9.79. The van der Waals surface area contributed by atoms with Gasteiger partial charge in [-0.25, -0.2) is 9.97 Å². The molecule has 2 aromatic heterocycles. The average Bonchev–Trinajstić information content (AvgIpc) is 2.84. The molecule has 0 aliphatic carbocycles. The number of nitrogens with two attached hydrogens (primary N) is 1. The van der Waals surface area contributed by atoms with E-state index in [0.717, 1.165) is 55.0 Å². The Hall–Kier alpha value is -1.82. The van der Waals surface area contributed by atoms with Crippen LogP contribution < -0.4 is 10.6 Å². The fourth-order valence-electron chi connectivity index (χ4n) is 3.35. The van der Waals surface area contributed by atoms with Crippen molar-refractivity contribution in [3.8, 4) is 0 Å². The van der Waals surface area contributed by atoms with Gasteiger partial charge in [0, 0.05) is 26.2 Å². The number of rotatable bonds is 3. The molecular weight excluding hydrogens is 254 g/mol. The van der Waals surface area contributed by atoms with Crippen LogP contribution in [-0.2, 0) is 24.3 Å². The molecule has 4 rings (SSSR count).